The van der Waals surface area contributed by atoms with Gasteiger partial charge in [-0.1, -0.05) is 39.0 Å². The SMILES string of the molecule is COc1cccc(Nc2ccnc(C(=O)Nc3ccc(C(C)(C)C)cc3)c2)c1. The Hall–Kier alpha value is -3.34. The number of nitrogens with one attached hydrogen (secondary N) is 2. The van der Waals surface area contributed by atoms with Crippen LogP contribution in [0.2, 0.25) is 0 Å². The third kappa shape index (κ3) is 4.88. The van der Waals surface area contributed by atoms with Crippen LogP contribution in [0.1, 0.15) is 36.8 Å². The van der Waals surface area contributed by atoms with Gasteiger partial charge < -0.3 is 15.4 Å². The highest BCUT2D eigenvalue weighted by atomic mass is 16.5. The molecule has 1 heterocycles. The fraction of sp³-hybridized carbons (Fsp3) is 0.217. The van der Waals surface area contributed by atoms with Crippen molar-refractivity contribution in [2.75, 3.05) is 17.7 Å². The van der Waals surface area contributed by atoms with E-state index in [4.69, 9.17) is 4.74 Å². The number of rotatable bonds is 5. The maximum Gasteiger partial charge on any atom is 0.274 e. The minimum absolute atomic E-state index is 0.0736. The van der Waals surface area contributed by atoms with Gasteiger partial charge in [0, 0.05) is 29.3 Å². The molecule has 0 aliphatic carbocycles. The Morgan fingerprint density at radius 1 is 0.929 bits per heavy atom. The average molecular weight is 375 g/mol. The first kappa shape index (κ1) is 19.4. The fourth-order valence-electron chi connectivity index (χ4n) is 2.75. The molecule has 5 nitrogen and oxygen atoms in total. The zero-order valence-electron chi connectivity index (χ0n) is 16.6. The number of methoxy groups -OCH3 is 1. The third-order valence-electron chi connectivity index (χ3n) is 4.36. The van der Waals surface area contributed by atoms with Crippen molar-refractivity contribution in [3.8, 4) is 5.75 Å². The lowest BCUT2D eigenvalue weighted by atomic mass is 9.87. The summed E-state index contributed by atoms with van der Waals surface area (Å²) in [5.41, 5.74) is 4.02. The minimum atomic E-state index is -0.252. The third-order valence-corrected chi connectivity index (χ3v) is 4.36. The highest BCUT2D eigenvalue weighted by Gasteiger charge is 2.14. The van der Waals surface area contributed by atoms with E-state index in [1.807, 2.05) is 54.6 Å². The number of benzene rings is 2. The molecule has 0 bridgehead atoms. The van der Waals surface area contributed by atoms with Gasteiger partial charge in [0.1, 0.15) is 11.4 Å². The topological polar surface area (TPSA) is 63.2 Å². The van der Waals surface area contributed by atoms with Crippen molar-refractivity contribution < 1.29 is 9.53 Å². The molecule has 144 valence electrons. The lowest BCUT2D eigenvalue weighted by Crippen LogP contribution is -2.15. The van der Waals surface area contributed by atoms with Gasteiger partial charge in [-0.2, -0.15) is 0 Å². The lowest BCUT2D eigenvalue weighted by Gasteiger charge is -2.19. The van der Waals surface area contributed by atoms with Crippen LogP contribution in [0.25, 0.3) is 0 Å². The molecule has 1 aromatic heterocycles. The maximum absolute atomic E-state index is 12.6. The number of anilines is 3. The summed E-state index contributed by atoms with van der Waals surface area (Å²) >= 11 is 0. The molecule has 0 aliphatic rings. The molecule has 0 unspecified atom stereocenters. The van der Waals surface area contributed by atoms with Crippen LogP contribution in [-0.2, 0) is 5.41 Å². The zero-order chi connectivity index (χ0) is 20.1. The molecule has 0 atom stereocenters. The van der Waals surface area contributed by atoms with Crippen LogP contribution in [0, 0.1) is 0 Å². The Balaban J connectivity index is 1.71. The van der Waals surface area contributed by atoms with Gasteiger partial charge in [-0.05, 0) is 47.4 Å². The predicted octanol–water partition coefficient (Wildman–Crippen LogP) is 5.38. The normalized spacial score (nSPS) is 11.0. The van der Waals surface area contributed by atoms with Crippen LogP contribution < -0.4 is 15.4 Å². The summed E-state index contributed by atoms with van der Waals surface area (Å²) in [4.78, 5) is 16.8. The van der Waals surface area contributed by atoms with Crippen LogP contribution in [0.3, 0.4) is 0 Å². The second-order valence-electron chi connectivity index (χ2n) is 7.57. The van der Waals surface area contributed by atoms with Gasteiger partial charge in [-0.3, -0.25) is 9.78 Å². The molecule has 28 heavy (non-hydrogen) atoms. The van der Waals surface area contributed by atoms with Crippen molar-refractivity contribution >= 4 is 23.0 Å². The second-order valence-corrected chi connectivity index (χ2v) is 7.57. The molecule has 0 saturated carbocycles. The first-order chi connectivity index (χ1) is 13.3. The molecule has 0 radical (unpaired) electrons. The van der Waals surface area contributed by atoms with Gasteiger partial charge in [-0.25, -0.2) is 0 Å². The van der Waals surface area contributed by atoms with E-state index < -0.39 is 0 Å². The number of aromatic nitrogens is 1. The Morgan fingerprint density at radius 2 is 1.64 bits per heavy atom. The largest absolute Gasteiger partial charge is 0.497 e. The average Bonchev–Trinajstić information content (AvgIpc) is 2.68. The van der Waals surface area contributed by atoms with E-state index in [9.17, 15) is 4.79 Å². The van der Waals surface area contributed by atoms with E-state index in [-0.39, 0.29) is 11.3 Å². The van der Waals surface area contributed by atoms with Crippen molar-refractivity contribution in [2.24, 2.45) is 0 Å². The number of amides is 1. The fourth-order valence-corrected chi connectivity index (χ4v) is 2.75. The molecule has 3 rings (SSSR count). The Morgan fingerprint density at radius 3 is 2.32 bits per heavy atom. The summed E-state index contributed by atoms with van der Waals surface area (Å²) in [6, 6.07) is 19.0. The molecular formula is C23H25N3O2. The number of hydrogen-bond acceptors (Lipinski definition) is 4. The molecule has 3 aromatic rings. The summed E-state index contributed by atoms with van der Waals surface area (Å²) in [6.45, 7) is 6.47. The number of hydrogen-bond donors (Lipinski definition) is 2. The molecule has 0 fully saturated rings. The minimum Gasteiger partial charge on any atom is -0.497 e. The van der Waals surface area contributed by atoms with Crippen molar-refractivity contribution in [1.29, 1.82) is 0 Å². The monoisotopic (exact) mass is 375 g/mol. The van der Waals surface area contributed by atoms with Gasteiger partial charge in [0.15, 0.2) is 0 Å². The van der Waals surface area contributed by atoms with Crippen molar-refractivity contribution in [3.63, 3.8) is 0 Å². The Kier molecular flexibility index (Phi) is 5.64. The molecule has 2 aromatic carbocycles. The number of pyridine rings is 1. The van der Waals surface area contributed by atoms with Crippen LogP contribution in [0.5, 0.6) is 5.75 Å². The number of carbonyl (C=O) groups excluding carboxylic acids is 1. The second kappa shape index (κ2) is 8.13. The molecule has 2 N–H and O–H groups in total. The highest BCUT2D eigenvalue weighted by molar-refractivity contribution is 6.03. The molecule has 5 heteroatoms. The number of carbonyl (C=O) groups is 1. The van der Waals surface area contributed by atoms with Gasteiger partial charge in [0.2, 0.25) is 0 Å². The Bertz CT molecular complexity index is 960. The predicted molar refractivity (Wildman–Crippen MR) is 114 cm³/mol. The summed E-state index contributed by atoms with van der Waals surface area (Å²) < 4.78 is 5.23. The number of ether oxygens (including phenoxy) is 1. The van der Waals surface area contributed by atoms with E-state index in [2.05, 4.69) is 36.4 Å². The quantitative estimate of drug-likeness (QED) is 0.628. The zero-order valence-corrected chi connectivity index (χ0v) is 16.6. The smallest absolute Gasteiger partial charge is 0.274 e. The van der Waals surface area contributed by atoms with Crippen LogP contribution in [0.15, 0.2) is 66.9 Å². The van der Waals surface area contributed by atoms with Gasteiger partial charge in [0.25, 0.3) is 5.91 Å². The van der Waals surface area contributed by atoms with Crippen molar-refractivity contribution in [2.45, 2.75) is 26.2 Å². The summed E-state index contributed by atoms with van der Waals surface area (Å²) in [5, 5.41) is 6.16. The maximum atomic E-state index is 12.6. The van der Waals surface area contributed by atoms with Gasteiger partial charge >= 0.3 is 0 Å². The van der Waals surface area contributed by atoms with E-state index in [0.717, 1.165) is 22.8 Å². The van der Waals surface area contributed by atoms with Crippen LogP contribution in [0.4, 0.5) is 17.1 Å². The molecule has 0 spiro atoms. The van der Waals surface area contributed by atoms with Crippen molar-refractivity contribution in [1.82, 2.24) is 4.98 Å². The standard InChI is InChI=1S/C23H25N3O2/c1-23(2,3)16-8-10-17(11-9-16)26-22(27)21-15-19(12-13-24-21)25-18-6-5-7-20(14-18)28-4/h5-15H,1-4H3,(H,24,25)(H,26,27). The Labute approximate surface area is 165 Å². The molecule has 1 amide bonds. The van der Waals surface area contributed by atoms with E-state index in [0.29, 0.717) is 5.69 Å². The van der Waals surface area contributed by atoms with Crippen LogP contribution >= 0.6 is 0 Å². The summed E-state index contributed by atoms with van der Waals surface area (Å²) in [5.74, 6) is 0.508. The first-order valence-electron chi connectivity index (χ1n) is 9.14. The summed E-state index contributed by atoms with van der Waals surface area (Å²) in [6.07, 6.45) is 1.61. The van der Waals surface area contributed by atoms with Crippen molar-refractivity contribution in [3.05, 3.63) is 78.1 Å². The summed E-state index contributed by atoms with van der Waals surface area (Å²) in [7, 11) is 1.63. The van der Waals surface area contributed by atoms with Crippen LogP contribution in [-0.4, -0.2) is 18.0 Å². The highest BCUT2D eigenvalue weighted by Crippen LogP contribution is 2.24. The number of nitrogens with zero attached hydrogens (tertiary/aromatic N) is 1. The first-order valence-corrected chi connectivity index (χ1v) is 9.14. The van der Waals surface area contributed by atoms with E-state index in [1.165, 1.54) is 5.56 Å². The molecule has 0 saturated heterocycles. The van der Waals surface area contributed by atoms with E-state index >= 15 is 0 Å². The van der Waals surface area contributed by atoms with Gasteiger partial charge in [0.05, 0.1) is 7.11 Å². The molecular weight excluding hydrogens is 350 g/mol. The molecule has 0 aliphatic heterocycles. The lowest BCUT2D eigenvalue weighted by molar-refractivity contribution is 0.102. The van der Waals surface area contributed by atoms with E-state index in [1.54, 1.807) is 19.4 Å². The van der Waals surface area contributed by atoms with Gasteiger partial charge in [-0.15, -0.1) is 0 Å².